The van der Waals surface area contributed by atoms with Crippen molar-refractivity contribution >= 4 is 23.8 Å². The van der Waals surface area contributed by atoms with Crippen LogP contribution in [0.4, 0.5) is 5.69 Å². The van der Waals surface area contributed by atoms with E-state index in [-0.39, 0.29) is 24.2 Å². The minimum Gasteiger partial charge on any atom is -0.298 e. The van der Waals surface area contributed by atoms with Crippen molar-refractivity contribution in [1.29, 1.82) is 0 Å². The number of nitrogens with zero attached hydrogens (tertiary/aromatic N) is 1. The predicted molar refractivity (Wildman–Crippen MR) is 71.9 cm³/mol. The minimum absolute atomic E-state index is 0.0863. The Balaban J connectivity index is 2.43. The molecule has 0 saturated carbocycles. The lowest BCUT2D eigenvalue weighted by molar-refractivity contribution is -0.126. The smallest absolute Gasteiger partial charge is 0.240 e. The van der Waals surface area contributed by atoms with Gasteiger partial charge in [0.2, 0.25) is 11.8 Å². The molecule has 19 heavy (non-hydrogen) atoms. The first kappa shape index (κ1) is 13.5. The van der Waals surface area contributed by atoms with Gasteiger partial charge in [-0.3, -0.25) is 19.3 Å². The Kier molecular flexibility index (Phi) is 3.27. The maximum Gasteiger partial charge on any atom is 0.240 e. The molecule has 4 nitrogen and oxygen atoms in total. The highest BCUT2D eigenvalue weighted by atomic mass is 16.2. The van der Waals surface area contributed by atoms with E-state index in [0.717, 1.165) is 0 Å². The molecule has 1 fully saturated rings. The Morgan fingerprint density at radius 1 is 1.32 bits per heavy atom. The van der Waals surface area contributed by atoms with Crippen LogP contribution in [-0.4, -0.2) is 18.1 Å². The molecule has 100 valence electrons. The summed E-state index contributed by atoms with van der Waals surface area (Å²) < 4.78 is 0. The van der Waals surface area contributed by atoms with Crippen LogP contribution in [0.1, 0.15) is 37.6 Å². The number of amides is 2. The number of rotatable bonds is 3. The van der Waals surface area contributed by atoms with E-state index in [2.05, 4.69) is 0 Å². The van der Waals surface area contributed by atoms with Gasteiger partial charge in [0.05, 0.1) is 11.1 Å². The molecule has 2 rings (SSSR count). The number of carbonyl (C=O) groups is 3. The lowest BCUT2D eigenvalue weighted by atomic mass is 9.78. The molecule has 1 atom stereocenters. The van der Waals surface area contributed by atoms with Gasteiger partial charge in [0.1, 0.15) is 6.29 Å². The molecule has 0 spiro atoms. The fourth-order valence-corrected chi connectivity index (χ4v) is 2.29. The van der Waals surface area contributed by atoms with Gasteiger partial charge >= 0.3 is 0 Å². The molecule has 1 saturated heterocycles. The van der Waals surface area contributed by atoms with Crippen molar-refractivity contribution in [1.82, 2.24) is 0 Å². The first-order valence-electron chi connectivity index (χ1n) is 6.33. The fourth-order valence-electron chi connectivity index (χ4n) is 2.29. The van der Waals surface area contributed by atoms with Crippen LogP contribution in [0.25, 0.3) is 0 Å². The standard InChI is InChI=1S/C15H17NO3/c1-10(2)15(3)8-13(18)16(14(15)19)12-6-4-5-11(7-12)9-17/h4-7,9-10H,8H2,1-3H3. The zero-order valence-corrected chi connectivity index (χ0v) is 11.3. The zero-order chi connectivity index (χ0) is 14.2. The van der Waals surface area contributed by atoms with Crippen LogP contribution in [0.2, 0.25) is 0 Å². The lowest BCUT2D eigenvalue weighted by Crippen LogP contribution is -2.36. The minimum atomic E-state index is -0.658. The summed E-state index contributed by atoms with van der Waals surface area (Å²) in [6.07, 6.45) is 0.922. The Morgan fingerprint density at radius 3 is 2.53 bits per heavy atom. The molecule has 1 unspecified atom stereocenters. The zero-order valence-electron chi connectivity index (χ0n) is 11.3. The molecule has 1 aromatic carbocycles. The highest BCUT2D eigenvalue weighted by molar-refractivity contribution is 6.22. The molecule has 0 radical (unpaired) electrons. The maximum absolute atomic E-state index is 12.5. The second-order valence-electron chi connectivity index (χ2n) is 5.50. The van der Waals surface area contributed by atoms with Gasteiger partial charge in [-0.1, -0.05) is 26.0 Å². The van der Waals surface area contributed by atoms with E-state index in [4.69, 9.17) is 0 Å². The van der Waals surface area contributed by atoms with Crippen LogP contribution in [-0.2, 0) is 9.59 Å². The van der Waals surface area contributed by atoms with Crippen molar-refractivity contribution in [2.75, 3.05) is 4.90 Å². The quantitative estimate of drug-likeness (QED) is 0.618. The second kappa shape index (κ2) is 4.61. The van der Waals surface area contributed by atoms with E-state index in [9.17, 15) is 14.4 Å². The maximum atomic E-state index is 12.5. The number of anilines is 1. The van der Waals surface area contributed by atoms with E-state index in [1.54, 1.807) is 24.3 Å². The van der Waals surface area contributed by atoms with Gasteiger partial charge in [0.25, 0.3) is 0 Å². The van der Waals surface area contributed by atoms with Gasteiger partial charge in [-0.15, -0.1) is 0 Å². The van der Waals surface area contributed by atoms with E-state index in [0.29, 0.717) is 17.5 Å². The van der Waals surface area contributed by atoms with Gasteiger partial charge in [-0.2, -0.15) is 0 Å². The molecular formula is C15H17NO3. The summed E-state index contributed by atoms with van der Waals surface area (Å²) in [5, 5.41) is 0. The molecular weight excluding hydrogens is 242 g/mol. The number of imide groups is 1. The third-order valence-corrected chi connectivity index (χ3v) is 4.00. The number of hydrogen-bond acceptors (Lipinski definition) is 3. The predicted octanol–water partition coefficient (Wildman–Crippen LogP) is 2.42. The topological polar surface area (TPSA) is 54.5 Å². The van der Waals surface area contributed by atoms with Crippen molar-refractivity contribution in [3.63, 3.8) is 0 Å². The van der Waals surface area contributed by atoms with Crippen molar-refractivity contribution in [3.05, 3.63) is 29.8 Å². The molecule has 0 aromatic heterocycles. The Morgan fingerprint density at radius 2 is 2.00 bits per heavy atom. The van der Waals surface area contributed by atoms with Crippen molar-refractivity contribution in [2.24, 2.45) is 11.3 Å². The molecule has 0 aliphatic carbocycles. The summed E-state index contributed by atoms with van der Waals surface area (Å²) in [6.45, 7) is 5.70. The summed E-state index contributed by atoms with van der Waals surface area (Å²) in [5.41, 5.74) is 0.272. The number of hydrogen-bond donors (Lipinski definition) is 0. The highest BCUT2D eigenvalue weighted by Crippen LogP contribution is 2.41. The van der Waals surface area contributed by atoms with Gasteiger partial charge in [0, 0.05) is 12.0 Å². The normalized spacial score (nSPS) is 23.3. The summed E-state index contributed by atoms with van der Waals surface area (Å²) in [5.74, 6) is -0.303. The Bertz CT molecular complexity index is 550. The van der Waals surface area contributed by atoms with Crippen LogP contribution in [0.5, 0.6) is 0 Å². The summed E-state index contributed by atoms with van der Waals surface area (Å²) >= 11 is 0. The average molecular weight is 259 g/mol. The Labute approximate surface area is 112 Å². The monoisotopic (exact) mass is 259 g/mol. The van der Waals surface area contributed by atoms with E-state index < -0.39 is 5.41 Å². The molecule has 1 heterocycles. The van der Waals surface area contributed by atoms with E-state index in [1.807, 2.05) is 20.8 Å². The first-order valence-corrected chi connectivity index (χ1v) is 6.33. The molecule has 1 aliphatic rings. The molecule has 4 heteroatoms. The third-order valence-electron chi connectivity index (χ3n) is 4.00. The summed E-state index contributed by atoms with van der Waals surface area (Å²) in [4.78, 5) is 36.6. The van der Waals surface area contributed by atoms with Crippen LogP contribution in [0, 0.1) is 11.3 Å². The van der Waals surface area contributed by atoms with Crippen LogP contribution in [0.15, 0.2) is 24.3 Å². The summed E-state index contributed by atoms with van der Waals surface area (Å²) in [6, 6.07) is 6.55. The number of benzene rings is 1. The molecule has 1 aromatic rings. The average Bonchev–Trinajstić information content (AvgIpc) is 2.61. The highest BCUT2D eigenvalue weighted by Gasteiger charge is 2.50. The molecule has 0 bridgehead atoms. The summed E-state index contributed by atoms with van der Waals surface area (Å²) in [7, 11) is 0. The van der Waals surface area contributed by atoms with Crippen LogP contribution < -0.4 is 4.90 Å². The number of carbonyl (C=O) groups excluding carboxylic acids is 3. The Hall–Kier alpha value is -1.97. The lowest BCUT2D eigenvalue weighted by Gasteiger charge is -2.26. The van der Waals surface area contributed by atoms with Crippen LogP contribution >= 0.6 is 0 Å². The van der Waals surface area contributed by atoms with Gasteiger partial charge in [-0.25, -0.2) is 0 Å². The second-order valence-corrected chi connectivity index (χ2v) is 5.50. The molecule has 0 N–H and O–H groups in total. The van der Waals surface area contributed by atoms with Gasteiger partial charge in [-0.05, 0) is 25.0 Å². The van der Waals surface area contributed by atoms with Crippen molar-refractivity contribution in [3.8, 4) is 0 Å². The van der Waals surface area contributed by atoms with E-state index >= 15 is 0 Å². The molecule has 1 aliphatic heterocycles. The van der Waals surface area contributed by atoms with Gasteiger partial charge < -0.3 is 0 Å². The van der Waals surface area contributed by atoms with Crippen molar-refractivity contribution in [2.45, 2.75) is 27.2 Å². The fraction of sp³-hybridized carbons (Fsp3) is 0.400. The third kappa shape index (κ3) is 2.07. The van der Waals surface area contributed by atoms with Gasteiger partial charge in [0.15, 0.2) is 0 Å². The molecule has 2 amide bonds. The van der Waals surface area contributed by atoms with Crippen LogP contribution in [0.3, 0.4) is 0 Å². The first-order chi connectivity index (χ1) is 8.90. The number of aldehydes is 1. The van der Waals surface area contributed by atoms with E-state index in [1.165, 1.54) is 4.90 Å². The SMILES string of the molecule is CC(C)C1(C)CC(=O)N(c2cccc(C=O)c2)C1=O. The largest absolute Gasteiger partial charge is 0.298 e. The van der Waals surface area contributed by atoms with Crippen molar-refractivity contribution < 1.29 is 14.4 Å².